The highest BCUT2D eigenvalue weighted by Gasteiger charge is 2.24. The van der Waals surface area contributed by atoms with Gasteiger partial charge in [-0.25, -0.2) is 0 Å². The molecule has 3 heteroatoms. The molecule has 1 heterocycles. The summed E-state index contributed by atoms with van der Waals surface area (Å²) in [6.45, 7) is 0. The van der Waals surface area contributed by atoms with Crippen LogP contribution in [0.3, 0.4) is 0 Å². The summed E-state index contributed by atoms with van der Waals surface area (Å²) in [4.78, 5) is 4.80. The Morgan fingerprint density at radius 3 is 1.33 bits per heavy atom. The highest BCUT2D eigenvalue weighted by atomic mass is 16.3. The Morgan fingerprint density at radius 2 is 0.701 bits per heavy atom. The number of benzene rings is 12. The molecule has 0 radical (unpaired) electrons. The number of furan rings is 1. The van der Waals surface area contributed by atoms with Crippen LogP contribution in [0.2, 0.25) is 0 Å². The Bertz CT molecular complexity index is 3900. The molecule has 13 rings (SSSR count). The number of nitrogens with zero attached hydrogens (tertiary/aromatic N) is 2. The molecule has 0 saturated carbocycles. The molecule has 67 heavy (non-hydrogen) atoms. The fraction of sp³-hybridized carbons (Fsp3) is 0. The van der Waals surface area contributed by atoms with E-state index in [9.17, 15) is 0 Å². The summed E-state index contributed by atoms with van der Waals surface area (Å²) in [6, 6.07) is 91.8. The molecule has 0 aliphatic heterocycles. The first-order chi connectivity index (χ1) is 33.3. The summed E-state index contributed by atoms with van der Waals surface area (Å²) in [6.07, 6.45) is 0. The summed E-state index contributed by atoms with van der Waals surface area (Å²) in [5, 5.41) is 11.8. The van der Waals surface area contributed by atoms with Gasteiger partial charge in [-0.05, 0) is 104 Å². The minimum atomic E-state index is 0.868. The Hall–Kier alpha value is -8.92. The van der Waals surface area contributed by atoms with E-state index < -0.39 is 0 Å². The molecule has 0 bridgehead atoms. The Kier molecular flexibility index (Phi) is 9.17. The standard InChI is InChI=1S/C64H42N2O/c1-4-18-43(19-5-1)44-32-37-50(38-33-44)66(48-23-8-3-9-24-48)64-56-30-16-14-28-54(56)61(55-29-15-17-31-57(55)64)46-34-39-49(40-35-46)65(47-21-6-2-7-22-47)58-42-60-63(53-27-13-12-26-52(53)58)62-51-25-11-10-20-45(51)36-41-59(62)67-60/h1-42H. The number of rotatable bonds is 8. The van der Waals surface area contributed by atoms with E-state index in [2.05, 4.69) is 265 Å². The van der Waals surface area contributed by atoms with Crippen molar-refractivity contribution in [1.82, 2.24) is 0 Å². The molecule has 1 aromatic heterocycles. The van der Waals surface area contributed by atoms with Gasteiger partial charge in [-0.1, -0.05) is 194 Å². The molecule has 314 valence electrons. The maximum atomic E-state index is 6.77. The van der Waals surface area contributed by atoms with Crippen LogP contribution in [0.15, 0.2) is 259 Å². The van der Waals surface area contributed by atoms with Crippen LogP contribution in [-0.4, -0.2) is 0 Å². The summed E-state index contributed by atoms with van der Waals surface area (Å²) in [7, 11) is 0. The third-order valence-corrected chi connectivity index (χ3v) is 13.4. The van der Waals surface area contributed by atoms with Gasteiger partial charge in [0.05, 0.1) is 11.4 Å². The van der Waals surface area contributed by atoms with E-state index >= 15 is 0 Å². The van der Waals surface area contributed by atoms with Crippen molar-refractivity contribution in [1.29, 1.82) is 0 Å². The lowest BCUT2D eigenvalue weighted by Crippen LogP contribution is -2.11. The van der Waals surface area contributed by atoms with Gasteiger partial charge in [0, 0.05) is 55.7 Å². The number of fused-ring (bicyclic) bond motifs is 9. The van der Waals surface area contributed by atoms with Gasteiger partial charge in [0.25, 0.3) is 0 Å². The molecule has 3 nitrogen and oxygen atoms in total. The number of para-hydroxylation sites is 2. The third kappa shape index (κ3) is 6.43. The zero-order valence-corrected chi connectivity index (χ0v) is 36.6. The van der Waals surface area contributed by atoms with Gasteiger partial charge in [-0.3, -0.25) is 0 Å². The van der Waals surface area contributed by atoms with E-state index in [1.165, 1.54) is 49.0 Å². The fourth-order valence-electron chi connectivity index (χ4n) is 10.4. The Balaban J connectivity index is 0.985. The molecule has 0 aliphatic carbocycles. The van der Waals surface area contributed by atoms with Crippen molar-refractivity contribution in [2.75, 3.05) is 9.80 Å². The van der Waals surface area contributed by atoms with E-state index in [4.69, 9.17) is 4.42 Å². The average molecular weight is 855 g/mol. The molecule has 0 amide bonds. The summed E-state index contributed by atoms with van der Waals surface area (Å²) in [5.74, 6) is 0. The number of hydrogen-bond donors (Lipinski definition) is 0. The topological polar surface area (TPSA) is 19.6 Å². The van der Waals surface area contributed by atoms with Crippen molar-refractivity contribution in [2.24, 2.45) is 0 Å². The lowest BCUT2D eigenvalue weighted by atomic mass is 9.89. The quantitative estimate of drug-likeness (QED) is 0.142. The third-order valence-electron chi connectivity index (χ3n) is 13.4. The van der Waals surface area contributed by atoms with Crippen LogP contribution in [-0.2, 0) is 0 Å². The van der Waals surface area contributed by atoms with Gasteiger partial charge in [-0.15, -0.1) is 0 Å². The van der Waals surface area contributed by atoms with E-state index in [0.29, 0.717) is 0 Å². The normalized spacial score (nSPS) is 11.6. The summed E-state index contributed by atoms with van der Waals surface area (Å²) < 4.78 is 6.77. The van der Waals surface area contributed by atoms with E-state index in [0.717, 1.165) is 72.4 Å². The first-order valence-electron chi connectivity index (χ1n) is 22.9. The summed E-state index contributed by atoms with van der Waals surface area (Å²) in [5.41, 5.74) is 13.1. The molecule has 0 atom stereocenters. The Labute approximate surface area is 388 Å². The van der Waals surface area contributed by atoms with Gasteiger partial charge < -0.3 is 14.2 Å². The van der Waals surface area contributed by atoms with Crippen molar-refractivity contribution in [3.8, 4) is 22.3 Å². The van der Waals surface area contributed by atoms with Crippen molar-refractivity contribution in [2.45, 2.75) is 0 Å². The second-order valence-electron chi connectivity index (χ2n) is 17.2. The predicted octanol–water partition coefficient (Wildman–Crippen LogP) is 18.5. The Morgan fingerprint density at radius 1 is 0.269 bits per heavy atom. The maximum Gasteiger partial charge on any atom is 0.138 e. The van der Waals surface area contributed by atoms with Gasteiger partial charge in [0.2, 0.25) is 0 Å². The lowest BCUT2D eigenvalue weighted by molar-refractivity contribution is 0.669. The van der Waals surface area contributed by atoms with Crippen LogP contribution in [0.5, 0.6) is 0 Å². The van der Waals surface area contributed by atoms with E-state index in [1.807, 2.05) is 0 Å². The zero-order valence-electron chi connectivity index (χ0n) is 36.6. The fourth-order valence-corrected chi connectivity index (χ4v) is 10.4. The second-order valence-corrected chi connectivity index (χ2v) is 17.2. The van der Waals surface area contributed by atoms with Gasteiger partial charge >= 0.3 is 0 Å². The van der Waals surface area contributed by atoms with Crippen molar-refractivity contribution in [3.63, 3.8) is 0 Å². The number of anilines is 6. The van der Waals surface area contributed by atoms with E-state index in [1.54, 1.807) is 0 Å². The van der Waals surface area contributed by atoms with Crippen LogP contribution in [0.4, 0.5) is 34.1 Å². The molecule has 0 fully saturated rings. The number of hydrogen-bond acceptors (Lipinski definition) is 3. The molecule has 0 saturated heterocycles. The van der Waals surface area contributed by atoms with Gasteiger partial charge in [-0.2, -0.15) is 0 Å². The van der Waals surface area contributed by atoms with Crippen LogP contribution in [0, 0.1) is 0 Å². The van der Waals surface area contributed by atoms with Crippen LogP contribution >= 0.6 is 0 Å². The molecule has 0 N–H and O–H groups in total. The van der Waals surface area contributed by atoms with E-state index in [-0.39, 0.29) is 0 Å². The van der Waals surface area contributed by atoms with Gasteiger partial charge in [0.1, 0.15) is 11.2 Å². The molecular weight excluding hydrogens is 813 g/mol. The predicted molar refractivity (Wildman–Crippen MR) is 284 cm³/mol. The first-order valence-corrected chi connectivity index (χ1v) is 22.9. The van der Waals surface area contributed by atoms with Crippen LogP contribution in [0.1, 0.15) is 0 Å². The first kappa shape index (κ1) is 38.5. The second kappa shape index (κ2) is 16.0. The largest absolute Gasteiger partial charge is 0.456 e. The lowest BCUT2D eigenvalue weighted by Gasteiger charge is -2.30. The smallest absolute Gasteiger partial charge is 0.138 e. The molecule has 0 unspecified atom stereocenters. The molecule has 0 spiro atoms. The zero-order chi connectivity index (χ0) is 44.3. The van der Waals surface area contributed by atoms with Gasteiger partial charge in [0.15, 0.2) is 0 Å². The monoisotopic (exact) mass is 854 g/mol. The van der Waals surface area contributed by atoms with Crippen molar-refractivity contribution in [3.05, 3.63) is 255 Å². The molecule has 13 aromatic rings. The highest BCUT2D eigenvalue weighted by Crippen LogP contribution is 2.50. The average Bonchev–Trinajstić information content (AvgIpc) is 3.79. The minimum absolute atomic E-state index is 0.868. The van der Waals surface area contributed by atoms with Crippen molar-refractivity contribution >= 4 is 99.2 Å². The molecule has 12 aromatic carbocycles. The SMILES string of the molecule is c1ccc(-c2ccc(N(c3ccccc3)c3c4ccccc4c(-c4ccc(N(c5ccccc5)c5cc6oc7ccc8ccccc8c7c6c6ccccc56)cc4)c4ccccc34)cc2)cc1. The highest BCUT2D eigenvalue weighted by molar-refractivity contribution is 6.28. The maximum absolute atomic E-state index is 6.77. The van der Waals surface area contributed by atoms with Crippen molar-refractivity contribution < 1.29 is 4.42 Å². The van der Waals surface area contributed by atoms with Crippen LogP contribution in [0.25, 0.3) is 87.3 Å². The molecule has 0 aliphatic rings. The summed E-state index contributed by atoms with van der Waals surface area (Å²) >= 11 is 0. The minimum Gasteiger partial charge on any atom is -0.456 e. The van der Waals surface area contributed by atoms with Crippen LogP contribution < -0.4 is 9.80 Å². The molecular formula is C64H42N2O.